The van der Waals surface area contributed by atoms with Crippen LogP contribution in [0.2, 0.25) is 0 Å². The highest BCUT2D eigenvalue weighted by atomic mass is 15.0. The molecule has 0 N–H and O–H groups in total. The van der Waals surface area contributed by atoms with E-state index in [0.717, 1.165) is 33.9 Å². The van der Waals surface area contributed by atoms with Gasteiger partial charge in [-0.05, 0) is 53.6 Å². The molecule has 0 radical (unpaired) electrons. The van der Waals surface area contributed by atoms with E-state index in [1.54, 1.807) is 6.20 Å². The van der Waals surface area contributed by atoms with Gasteiger partial charge in [0.2, 0.25) is 0 Å². The van der Waals surface area contributed by atoms with Gasteiger partial charge in [0.25, 0.3) is 0 Å². The van der Waals surface area contributed by atoms with Crippen molar-refractivity contribution in [2.75, 3.05) is 0 Å². The zero-order chi connectivity index (χ0) is 28.6. The first-order valence-corrected chi connectivity index (χ1v) is 14.4. The van der Waals surface area contributed by atoms with Crippen LogP contribution in [0.5, 0.6) is 0 Å². The Morgan fingerprint density at radius 2 is 0.907 bits per heavy atom. The quantitative estimate of drug-likeness (QED) is 0.214. The first kappa shape index (κ1) is 24.9. The van der Waals surface area contributed by atoms with Crippen LogP contribution in [0.4, 0.5) is 0 Å². The molecule has 3 heterocycles. The van der Waals surface area contributed by atoms with E-state index in [9.17, 15) is 0 Å². The molecule has 0 aliphatic carbocycles. The molecular formula is C39H26N4. The van der Waals surface area contributed by atoms with Gasteiger partial charge in [0.05, 0.1) is 22.4 Å². The minimum atomic E-state index is 0.603. The van der Waals surface area contributed by atoms with Gasteiger partial charge in [-0.1, -0.05) is 109 Å². The highest BCUT2D eigenvalue weighted by Crippen LogP contribution is 2.33. The van der Waals surface area contributed by atoms with Crippen LogP contribution in [0.1, 0.15) is 0 Å². The predicted molar refractivity (Wildman–Crippen MR) is 176 cm³/mol. The first-order valence-electron chi connectivity index (χ1n) is 14.4. The lowest BCUT2D eigenvalue weighted by Crippen LogP contribution is -1.98. The summed E-state index contributed by atoms with van der Waals surface area (Å²) >= 11 is 0. The maximum absolute atomic E-state index is 4.98. The Hall–Kier alpha value is -5.87. The lowest BCUT2D eigenvalue weighted by molar-refractivity contribution is 1.14. The Morgan fingerprint density at radius 1 is 0.395 bits per heavy atom. The molecule has 0 fully saturated rings. The van der Waals surface area contributed by atoms with Crippen molar-refractivity contribution < 1.29 is 0 Å². The normalized spacial score (nSPS) is 11.3. The monoisotopic (exact) mass is 550 g/mol. The Bertz CT molecular complexity index is 2150. The lowest BCUT2D eigenvalue weighted by Gasteiger charge is -2.11. The number of rotatable bonds is 5. The van der Waals surface area contributed by atoms with Gasteiger partial charge in [0, 0.05) is 33.8 Å². The van der Waals surface area contributed by atoms with Crippen LogP contribution in [0.25, 0.3) is 72.7 Å². The van der Waals surface area contributed by atoms with Crippen LogP contribution in [0.3, 0.4) is 0 Å². The molecule has 3 aromatic heterocycles. The summed E-state index contributed by atoms with van der Waals surface area (Å²) in [6.45, 7) is 0. The lowest BCUT2D eigenvalue weighted by atomic mass is 10.0. The average Bonchev–Trinajstić information content (AvgIpc) is 3.43. The topological polar surface area (TPSA) is 43.6 Å². The molecule has 0 saturated heterocycles. The van der Waals surface area contributed by atoms with Gasteiger partial charge in [0.15, 0.2) is 5.82 Å². The highest BCUT2D eigenvalue weighted by molar-refractivity contribution is 6.09. The maximum Gasteiger partial charge on any atom is 0.179 e. The molecule has 0 atom stereocenters. The second-order valence-electron chi connectivity index (χ2n) is 10.5. The van der Waals surface area contributed by atoms with E-state index in [2.05, 4.69) is 137 Å². The van der Waals surface area contributed by atoms with Crippen LogP contribution < -0.4 is 0 Å². The van der Waals surface area contributed by atoms with Crippen LogP contribution in [0, 0.1) is 0 Å². The van der Waals surface area contributed by atoms with Crippen molar-refractivity contribution in [1.82, 2.24) is 19.5 Å². The number of para-hydroxylation sites is 2. The van der Waals surface area contributed by atoms with Crippen molar-refractivity contribution >= 4 is 21.8 Å². The minimum absolute atomic E-state index is 0.603. The largest absolute Gasteiger partial charge is 0.309 e. The molecule has 0 spiro atoms. The summed E-state index contributed by atoms with van der Waals surface area (Å²) in [4.78, 5) is 14.5. The van der Waals surface area contributed by atoms with Crippen molar-refractivity contribution in [2.45, 2.75) is 0 Å². The Morgan fingerprint density at radius 3 is 1.51 bits per heavy atom. The molecule has 202 valence electrons. The molecule has 4 heteroatoms. The third-order valence-corrected chi connectivity index (χ3v) is 7.91. The summed E-state index contributed by atoms with van der Waals surface area (Å²) < 4.78 is 2.33. The van der Waals surface area contributed by atoms with Gasteiger partial charge in [-0.3, -0.25) is 4.98 Å². The average molecular weight is 551 g/mol. The van der Waals surface area contributed by atoms with Crippen LogP contribution >= 0.6 is 0 Å². The number of aromatic nitrogens is 4. The zero-order valence-corrected chi connectivity index (χ0v) is 23.3. The van der Waals surface area contributed by atoms with Gasteiger partial charge >= 0.3 is 0 Å². The smallest absolute Gasteiger partial charge is 0.179 e. The molecule has 4 nitrogen and oxygen atoms in total. The summed E-state index contributed by atoms with van der Waals surface area (Å²) in [5.41, 5.74) is 10.4. The third-order valence-electron chi connectivity index (χ3n) is 7.91. The predicted octanol–water partition coefficient (Wildman–Crippen LogP) is 9.64. The fourth-order valence-electron chi connectivity index (χ4n) is 5.80. The van der Waals surface area contributed by atoms with Crippen molar-refractivity contribution in [3.8, 4) is 50.8 Å². The van der Waals surface area contributed by atoms with Crippen LogP contribution in [0.15, 0.2) is 158 Å². The molecule has 0 saturated carbocycles. The minimum Gasteiger partial charge on any atom is -0.309 e. The molecular weight excluding hydrogens is 524 g/mol. The number of pyridine rings is 1. The van der Waals surface area contributed by atoms with E-state index in [1.807, 2.05) is 24.3 Å². The second kappa shape index (κ2) is 10.5. The molecule has 0 amide bonds. The molecule has 8 rings (SSSR count). The molecule has 0 unspecified atom stereocenters. The molecule has 5 aromatic carbocycles. The highest BCUT2D eigenvalue weighted by Gasteiger charge is 2.14. The number of fused-ring (bicyclic) bond motifs is 3. The van der Waals surface area contributed by atoms with Gasteiger partial charge in [-0.15, -0.1) is 0 Å². The molecule has 43 heavy (non-hydrogen) atoms. The summed E-state index contributed by atoms with van der Waals surface area (Å²) in [5.74, 6) is 0.603. The summed E-state index contributed by atoms with van der Waals surface area (Å²) in [6.07, 6.45) is 1.78. The molecule has 0 aliphatic rings. The maximum atomic E-state index is 4.98. The van der Waals surface area contributed by atoms with E-state index in [0.29, 0.717) is 5.82 Å². The number of hydrogen-bond acceptors (Lipinski definition) is 3. The van der Waals surface area contributed by atoms with Gasteiger partial charge in [0.1, 0.15) is 5.69 Å². The van der Waals surface area contributed by atoms with Crippen molar-refractivity contribution in [2.24, 2.45) is 0 Å². The van der Waals surface area contributed by atoms with Gasteiger partial charge < -0.3 is 4.57 Å². The van der Waals surface area contributed by atoms with Crippen LogP contribution in [-0.4, -0.2) is 19.5 Å². The van der Waals surface area contributed by atoms with Gasteiger partial charge in [-0.25, -0.2) is 9.97 Å². The van der Waals surface area contributed by atoms with Crippen molar-refractivity contribution in [3.63, 3.8) is 0 Å². The number of benzene rings is 5. The SMILES string of the molecule is c1ccc(-c2ccc(-c3cc(-c4ccc(-n5c6ccccc6c6ccccc65)cc4)nc(-c4ccccn4)n3)cc2)cc1. The molecule has 0 aliphatic heterocycles. The number of hydrogen-bond donors (Lipinski definition) is 0. The summed E-state index contributed by atoms with van der Waals surface area (Å²) in [7, 11) is 0. The van der Waals surface area contributed by atoms with E-state index in [4.69, 9.17) is 9.97 Å². The van der Waals surface area contributed by atoms with E-state index < -0.39 is 0 Å². The molecule has 8 aromatic rings. The fraction of sp³-hybridized carbons (Fsp3) is 0. The van der Waals surface area contributed by atoms with E-state index >= 15 is 0 Å². The van der Waals surface area contributed by atoms with E-state index in [1.165, 1.54) is 32.9 Å². The molecule has 0 bridgehead atoms. The van der Waals surface area contributed by atoms with Gasteiger partial charge in [-0.2, -0.15) is 0 Å². The van der Waals surface area contributed by atoms with Crippen molar-refractivity contribution in [3.05, 3.63) is 158 Å². The zero-order valence-electron chi connectivity index (χ0n) is 23.3. The number of nitrogens with zero attached hydrogens (tertiary/aromatic N) is 4. The summed E-state index contributed by atoms with van der Waals surface area (Å²) in [5, 5.41) is 2.50. The summed E-state index contributed by atoms with van der Waals surface area (Å²) in [6, 6.07) is 52.6. The second-order valence-corrected chi connectivity index (χ2v) is 10.5. The Kier molecular flexibility index (Phi) is 6.08. The Balaban J connectivity index is 1.22. The van der Waals surface area contributed by atoms with Crippen LogP contribution in [-0.2, 0) is 0 Å². The standard InChI is InChI=1S/C39H26N4/c1-2-10-27(11-3-1)28-17-19-29(20-18-28)35-26-36(42-39(41-35)34-14-8-9-25-40-34)30-21-23-31(24-22-30)43-37-15-6-4-12-32(37)33-13-5-7-16-38(33)43/h1-26H. The van der Waals surface area contributed by atoms with E-state index in [-0.39, 0.29) is 0 Å². The Labute approximate surface area is 249 Å². The third kappa shape index (κ3) is 4.55. The van der Waals surface area contributed by atoms with Crippen molar-refractivity contribution in [1.29, 1.82) is 0 Å². The first-order chi connectivity index (χ1) is 21.3. The fourth-order valence-corrected chi connectivity index (χ4v) is 5.80.